The van der Waals surface area contributed by atoms with Crippen LogP contribution in [0.1, 0.15) is 6.42 Å². The molecular formula is C12H21N5O. The number of hydrogen-bond acceptors (Lipinski definition) is 6. The quantitative estimate of drug-likeness (QED) is 0.818. The smallest absolute Gasteiger partial charge is 0.134 e. The highest BCUT2D eigenvalue weighted by Gasteiger charge is 2.32. The van der Waals surface area contributed by atoms with Gasteiger partial charge in [-0.15, -0.1) is 0 Å². The fraction of sp³-hybridized carbons (Fsp3) is 0.667. The summed E-state index contributed by atoms with van der Waals surface area (Å²) in [5.74, 6) is 1.82. The predicted molar refractivity (Wildman–Crippen MR) is 72.0 cm³/mol. The lowest BCUT2D eigenvalue weighted by atomic mass is 10.2. The zero-order valence-electron chi connectivity index (χ0n) is 11.2. The second-order valence-corrected chi connectivity index (χ2v) is 4.76. The summed E-state index contributed by atoms with van der Waals surface area (Å²) < 4.78 is 5.42. The molecule has 1 saturated heterocycles. The van der Waals surface area contributed by atoms with Crippen molar-refractivity contribution >= 4 is 11.6 Å². The van der Waals surface area contributed by atoms with Crippen molar-refractivity contribution in [1.29, 1.82) is 0 Å². The summed E-state index contributed by atoms with van der Waals surface area (Å²) in [6.45, 7) is 1.45. The maximum absolute atomic E-state index is 5.83. The SMILES string of the molecule is CO[C@H]1C[C@@H](CN)N(c2cc(N(C)C)ncn2)C1. The summed E-state index contributed by atoms with van der Waals surface area (Å²) in [6, 6.07) is 2.28. The number of nitrogens with zero attached hydrogens (tertiary/aromatic N) is 4. The molecule has 0 unspecified atom stereocenters. The van der Waals surface area contributed by atoms with Gasteiger partial charge in [0.1, 0.15) is 18.0 Å². The molecule has 2 N–H and O–H groups in total. The number of aromatic nitrogens is 2. The third-order valence-electron chi connectivity index (χ3n) is 3.37. The molecule has 0 aliphatic carbocycles. The number of nitrogens with two attached hydrogens (primary N) is 1. The highest BCUT2D eigenvalue weighted by Crippen LogP contribution is 2.26. The summed E-state index contributed by atoms with van der Waals surface area (Å²) in [7, 11) is 5.68. The first-order chi connectivity index (χ1) is 8.65. The van der Waals surface area contributed by atoms with E-state index in [0.29, 0.717) is 12.6 Å². The summed E-state index contributed by atoms with van der Waals surface area (Å²) in [6.07, 6.45) is 2.78. The highest BCUT2D eigenvalue weighted by molar-refractivity contribution is 5.50. The molecule has 0 bridgehead atoms. The van der Waals surface area contributed by atoms with Gasteiger partial charge in [-0.1, -0.05) is 0 Å². The van der Waals surface area contributed by atoms with E-state index < -0.39 is 0 Å². The third-order valence-corrected chi connectivity index (χ3v) is 3.37. The number of ether oxygens (including phenoxy) is 1. The largest absolute Gasteiger partial charge is 0.380 e. The van der Waals surface area contributed by atoms with E-state index in [1.807, 2.05) is 25.1 Å². The molecule has 1 aromatic heterocycles. The maximum atomic E-state index is 5.83. The van der Waals surface area contributed by atoms with Gasteiger partial charge in [-0.2, -0.15) is 0 Å². The van der Waals surface area contributed by atoms with Crippen LogP contribution in [0.2, 0.25) is 0 Å². The van der Waals surface area contributed by atoms with Crippen molar-refractivity contribution in [3.63, 3.8) is 0 Å². The number of rotatable bonds is 4. The van der Waals surface area contributed by atoms with Gasteiger partial charge in [-0.25, -0.2) is 9.97 Å². The molecule has 0 aromatic carbocycles. The van der Waals surface area contributed by atoms with Crippen LogP contribution in [0.25, 0.3) is 0 Å². The maximum Gasteiger partial charge on any atom is 0.134 e. The Morgan fingerprint density at radius 3 is 2.89 bits per heavy atom. The van der Waals surface area contributed by atoms with Gasteiger partial charge in [0.15, 0.2) is 0 Å². The van der Waals surface area contributed by atoms with E-state index in [4.69, 9.17) is 10.5 Å². The van der Waals surface area contributed by atoms with Crippen LogP contribution >= 0.6 is 0 Å². The Morgan fingerprint density at radius 1 is 1.50 bits per heavy atom. The van der Waals surface area contributed by atoms with Crippen molar-refractivity contribution in [2.24, 2.45) is 5.73 Å². The van der Waals surface area contributed by atoms with Crippen molar-refractivity contribution < 1.29 is 4.74 Å². The molecule has 2 atom stereocenters. The van der Waals surface area contributed by atoms with E-state index in [-0.39, 0.29) is 6.10 Å². The Balaban J connectivity index is 2.22. The van der Waals surface area contributed by atoms with Gasteiger partial charge in [0.2, 0.25) is 0 Å². The first kappa shape index (κ1) is 13.0. The van der Waals surface area contributed by atoms with Gasteiger partial charge < -0.3 is 20.3 Å². The van der Waals surface area contributed by atoms with Gasteiger partial charge in [0, 0.05) is 46.4 Å². The molecule has 100 valence electrons. The summed E-state index contributed by atoms with van der Waals surface area (Å²) in [5.41, 5.74) is 5.83. The minimum absolute atomic E-state index is 0.233. The molecule has 1 aliphatic rings. The number of anilines is 2. The lowest BCUT2D eigenvalue weighted by Crippen LogP contribution is -2.36. The molecule has 0 radical (unpaired) electrons. The average Bonchev–Trinajstić information content (AvgIpc) is 2.82. The molecule has 1 fully saturated rings. The predicted octanol–water partition coefficient (Wildman–Crippen LogP) is 0.0950. The Kier molecular flexibility index (Phi) is 3.98. The van der Waals surface area contributed by atoms with Gasteiger partial charge in [0.25, 0.3) is 0 Å². The van der Waals surface area contributed by atoms with Crippen molar-refractivity contribution in [3.8, 4) is 0 Å². The first-order valence-corrected chi connectivity index (χ1v) is 6.14. The second kappa shape index (κ2) is 5.49. The first-order valence-electron chi connectivity index (χ1n) is 6.14. The van der Waals surface area contributed by atoms with Crippen LogP contribution in [0.4, 0.5) is 11.6 Å². The third kappa shape index (κ3) is 2.54. The molecule has 18 heavy (non-hydrogen) atoms. The van der Waals surface area contributed by atoms with Crippen molar-refractivity contribution in [3.05, 3.63) is 12.4 Å². The van der Waals surface area contributed by atoms with E-state index in [1.54, 1.807) is 13.4 Å². The molecule has 6 heteroatoms. The number of hydrogen-bond donors (Lipinski definition) is 1. The molecule has 1 aliphatic heterocycles. The molecular weight excluding hydrogens is 230 g/mol. The average molecular weight is 251 g/mol. The molecule has 6 nitrogen and oxygen atoms in total. The van der Waals surface area contributed by atoms with E-state index in [2.05, 4.69) is 14.9 Å². The Labute approximate surface area is 108 Å². The van der Waals surface area contributed by atoms with E-state index in [9.17, 15) is 0 Å². The second-order valence-electron chi connectivity index (χ2n) is 4.76. The fourth-order valence-electron chi connectivity index (χ4n) is 2.29. The monoisotopic (exact) mass is 251 g/mol. The van der Waals surface area contributed by atoms with Crippen molar-refractivity contribution in [2.45, 2.75) is 18.6 Å². The lowest BCUT2D eigenvalue weighted by molar-refractivity contribution is 0.118. The van der Waals surface area contributed by atoms with Gasteiger partial charge >= 0.3 is 0 Å². The molecule has 1 aromatic rings. The van der Waals surface area contributed by atoms with E-state index in [0.717, 1.165) is 24.6 Å². The van der Waals surface area contributed by atoms with Gasteiger partial charge in [-0.3, -0.25) is 0 Å². The van der Waals surface area contributed by atoms with Gasteiger partial charge in [0.05, 0.1) is 6.10 Å². The minimum Gasteiger partial charge on any atom is -0.380 e. The van der Waals surface area contributed by atoms with Crippen LogP contribution in [0.15, 0.2) is 12.4 Å². The Hall–Kier alpha value is -1.40. The molecule has 0 spiro atoms. The van der Waals surface area contributed by atoms with Crippen LogP contribution in [-0.4, -0.2) is 56.4 Å². The molecule has 2 heterocycles. The van der Waals surface area contributed by atoms with Crippen molar-refractivity contribution in [1.82, 2.24) is 9.97 Å². The van der Waals surface area contributed by atoms with Crippen molar-refractivity contribution in [2.75, 3.05) is 44.1 Å². The van der Waals surface area contributed by atoms with Crippen LogP contribution < -0.4 is 15.5 Å². The molecule has 0 saturated carbocycles. The zero-order valence-corrected chi connectivity index (χ0v) is 11.2. The standard InChI is InChI=1S/C12H21N5O/c1-16(2)11-5-12(15-8-14-11)17-7-10(18-3)4-9(17)6-13/h5,8-10H,4,6-7,13H2,1-3H3/t9-,10-/m0/s1. The fourth-order valence-corrected chi connectivity index (χ4v) is 2.29. The Bertz CT molecular complexity index is 398. The van der Waals surface area contributed by atoms with Crippen LogP contribution in [0, 0.1) is 0 Å². The summed E-state index contributed by atoms with van der Waals surface area (Å²) in [5, 5.41) is 0. The summed E-state index contributed by atoms with van der Waals surface area (Å²) >= 11 is 0. The minimum atomic E-state index is 0.233. The molecule has 0 amide bonds. The van der Waals surface area contributed by atoms with Crippen LogP contribution in [-0.2, 0) is 4.74 Å². The van der Waals surface area contributed by atoms with E-state index in [1.165, 1.54) is 0 Å². The zero-order chi connectivity index (χ0) is 13.1. The molecule has 2 rings (SSSR count). The van der Waals surface area contributed by atoms with E-state index >= 15 is 0 Å². The van der Waals surface area contributed by atoms with Gasteiger partial charge in [-0.05, 0) is 6.42 Å². The topological polar surface area (TPSA) is 67.5 Å². The lowest BCUT2D eigenvalue weighted by Gasteiger charge is -2.25. The Morgan fingerprint density at radius 2 is 2.28 bits per heavy atom. The normalized spacial score (nSPS) is 23.4. The highest BCUT2D eigenvalue weighted by atomic mass is 16.5. The summed E-state index contributed by atoms with van der Waals surface area (Å²) in [4.78, 5) is 12.7. The number of methoxy groups -OCH3 is 1. The van der Waals surface area contributed by atoms with Crippen LogP contribution in [0.5, 0.6) is 0 Å². The van der Waals surface area contributed by atoms with Crippen LogP contribution in [0.3, 0.4) is 0 Å².